The van der Waals surface area contributed by atoms with Crippen molar-refractivity contribution in [2.75, 3.05) is 13.1 Å². The molecule has 1 heterocycles. The van der Waals surface area contributed by atoms with Gasteiger partial charge >= 0.3 is 0 Å². The van der Waals surface area contributed by atoms with Gasteiger partial charge in [-0.1, -0.05) is 20.3 Å². The SMILES string of the molecule is CC(C)CNCC1(Cc2nnn(C)n2)CCC1. The number of rotatable bonds is 6. The summed E-state index contributed by atoms with van der Waals surface area (Å²) in [7, 11) is 1.82. The van der Waals surface area contributed by atoms with Crippen LogP contribution in [0.15, 0.2) is 0 Å². The largest absolute Gasteiger partial charge is 0.316 e. The van der Waals surface area contributed by atoms with E-state index in [4.69, 9.17) is 0 Å². The smallest absolute Gasteiger partial charge is 0.175 e. The third-order valence-corrected chi connectivity index (χ3v) is 3.55. The predicted molar refractivity (Wildman–Crippen MR) is 66.5 cm³/mol. The molecule has 0 bridgehead atoms. The van der Waals surface area contributed by atoms with Crippen molar-refractivity contribution in [3.8, 4) is 0 Å². The maximum Gasteiger partial charge on any atom is 0.175 e. The van der Waals surface area contributed by atoms with Gasteiger partial charge in [0, 0.05) is 13.0 Å². The Morgan fingerprint density at radius 1 is 1.41 bits per heavy atom. The lowest BCUT2D eigenvalue weighted by Crippen LogP contribution is -2.42. The first-order chi connectivity index (χ1) is 8.10. The van der Waals surface area contributed by atoms with Crippen molar-refractivity contribution < 1.29 is 0 Å². The molecule has 0 atom stereocenters. The number of aromatic nitrogens is 4. The number of nitrogens with one attached hydrogen (secondary N) is 1. The fourth-order valence-electron chi connectivity index (χ4n) is 2.45. The van der Waals surface area contributed by atoms with Crippen molar-refractivity contribution in [3.63, 3.8) is 0 Å². The molecule has 96 valence electrons. The molecule has 5 heteroatoms. The van der Waals surface area contributed by atoms with Gasteiger partial charge in [0.25, 0.3) is 0 Å². The van der Waals surface area contributed by atoms with E-state index < -0.39 is 0 Å². The van der Waals surface area contributed by atoms with Gasteiger partial charge in [0.1, 0.15) is 0 Å². The van der Waals surface area contributed by atoms with Gasteiger partial charge in [0.15, 0.2) is 5.82 Å². The first-order valence-corrected chi connectivity index (χ1v) is 6.53. The standard InChI is InChI=1S/C12H23N5/c1-10(2)8-13-9-12(5-4-6-12)7-11-14-16-17(3)15-11/h10,13H,4-9H2,1-3H3. The topological polar surface area (TPSA) is 55.6 Å². The highest BCUT2D eigenvalue weighted by Crippen LogP contribution is 2.42. The second kappa shape index (κ2) is 5.12. The van der Waals surface area contributed by atoms with E-state index >= 15 is 0 Å². The zero-order valence-electron chi connectivity index (χ0n) is 11.1. The van der Waals surface area contributed by atoms with Gasteiger partial charge in [-0.25, -0.2) is 0 Å². The van der Waals surface area contributed by atoms with Crippen molar-refractivity contribution in [1.82, 2.24) is 25.5 Å². The molecule has 0 amide bonds. The van der Waals surface area contributed by atoms with Gasteiger partial charge in [-0.15, -0.1) is 10.2 Å². The minimum Gasteiger partial charge on any atom is -0.316 e. The van der Waals surface area contributed by atoms with E-state index in [1.165, 1.54) is 19.3 Å². The Balaban J connectivity index is 1.86. The number of tetrazole rings is 1. The molecule has 1 aliphatic rings. The third-order valence-electron chi connectivity index (χ3n) is 3.55. The first kappa shape index (κ1) is 12.5. The maximum atomic E-state index is 4.29. The minimum atomic E-state index is 0.387. The lowest BCUT2D eigenvalue weighted by atomic mass is 9.66. The van der Waals surface area contributed by atoms with E-state index in [1.54, 1.807) is 4.80 Å². The van der Waals surface area contributed by atoms with Crippen molar-refractivity contribution in [2.45, 2.75) is 39.5 Å². The summed E-state index contributed by atoms with van der Waals surface area (Å²) in [4.78, 5) is 1.54. The van der Waals surface area contributed by atoms with Crippen molar-refractivity contribution in [1.29, 1.82) is 0 Å². The van der Waals surface area contributed by atoms with E-state index in [9.17, 15) is 0 Å². The van der Waals surface area contributed by atoms with Crippen molar-refractivity contribution >= 4 is 0 Å². The molecule has 1 fully saturated rings. The van der Waals surface area contributed by atoms with Crippen LogP contribution in [0.25, 0.3) is 0 Å². The summed E-state index contributed by atoms with van der Waals surface area (Å²) in [6, 6.07) is 0. The molecule has 1 aliphatic carbocycles. The van der Waals surface area contributed by atoms with Crippen LogP contribution in [0.4, 0.5) is 0 Å². The zero-order valence-corrected chi connectivity index (χ0v) is 11.1. The first-order valence-electron chi connectivity index (χ1n) is 6.53. The second-order valence-electron chi connectivity index (χ2n) is 5.75. The van der Waals surface area contributed by atoms with Crippen LogP contribution in [-0.2, 0) is 13.5 Å². The summed E-state index contributed by atoms with van der Waals surface area (Å²) in [5.74, 6) is 1.60. The van der Waals surface area contributed by atoms with Crippen LogP contribution < -0.4 is 5.32 Å². The molecular weight excluding hydrogens is 214 g/mol. The van der Waals surface area contributed by atoms with E-state index in [-0.39, 0.29) is 0 Å². The van der Waals surface area contributed by atoms with Crippen LogP contribution in [0.5, 0.6) is 0 Å². The van der Waals surface area contributed by atoms with E-state index in [0.29, 0.717) is 11.3 Å². The summed E-state index contributed by atoms with van der Waals surface area (Å²) in [6.07, 6.45) is 4.88. The monoisotopic (exact) mass is 237 g/mol. The Kier molecular flexibility index (Phi) is 3.76. The average Bonchev–Trinajstić information content (AvgIpc) is 2.59. The molecule has 0 radical (unpaired) electrons. The van der Waals surface area contributed by atoms with Gasteiger partial charge in [-0.05, 0) is 35.9 Å². The van der Waals surface area contributed by atoms with Gasteiger partial charge in [0.05, 0.1) is 7.05 Å². The van der Waals surface area contributed by atoms with Gasteiger partial charge in [-0.3, -0.25) is 0 Å². The number of hydrogen-bond acceptors (Lipinski definition) is 4. The fourth-order valence-corrected chi connectivity index (χ4v) is 2.45. The van der Waals surface area contributed by atoms with Crippen LogP contribution in [0.1, 0.15) is 38.9 Å². The van der Waals surface area contributed by atoms with Crippen LogP contribution in [-0.4, -0.2) is 33.3 Å². The molecule has 0 unspecified atom stereocenters. The fraction of sp³-hybridized carbons (Fsp3) is 0.917. The molecular formula is C12H23N5. The lowest BCUT2D eigenvalue weighted by molar-refractivity contribution is 0.125. The quantitative estimate of drug-likeness (QED) is 0.807. The summed E-state index contributed by atoms with van der Waals surface area (Å²) in [5, 5.41) is 15.9. The molecule has 1 aromatic rings. The molecule has 1 saturated carbocycles. The van der Waals surface area contributed by atoms with Gasteiger partial charge in [-0.2, -0.15) is 4.80 Å². The normalized spacial score (nSPS) is 18.4. The lowest BCUT2D eigenvalue weighted by Gasteiger charge is -2.41. The molecule has 5 nitrogen and oxygen atoms in total. The molecule has 1 aromatic heterocycles. The Hall–Kier alpha value is -0.970. The highest BCUT2D eigenvalue weighted by atomic mass is 15.6. The van der Waals surface area contributed by atoms with Crippen LogP contribution >= 0.6 is 0 Å². The molecule has 0 spiro atoms. The Morgan fingerprint density at radius 2 is 2.18 bits per heavy atom. The molecule has 2 rings (SSSR count). The van der Waals surface area contributed by atoms with Crippen LogP contribution in [0.2, 0.25) is 0 Å². The van der Waals surface area contributed by atoms with E-state index in [1.807, 2.05) is 7.05 Å². The number of nitrogens with zero attached hydrogens (tertiary/aromatic N) is 4. The summed E-state index contributed by atoms with van der Waals surface area (Å²) >= 11 is 0. The minimum absolute atomic E-state index is 0.387. The maximum absolute atomic E-state index is 4.29. The Labute approximate surface area is 103 Å². The zero-order chi connectivity index (χ0) is 12.3. The van der Waals surface area contributed by atoms with Crippen LogP contribution in [0, 0.1) is 11.3 Å². The number of aryl methyl sites for hydroxylation is 1. The van der Waals surface area contributed by atoms with Crippen molar-refractivity contribution in [2.24, 2.45) is 18.4 Å². The molecule has 0 aliphatic heterocycles. The molecule has 1 N–H and O–H groups in total. The van der Waals surface area contributed by atoms with Gasteiger partial charge < -0.3 is 5.32 Å². The Morgan fingerprint density at radius 3 is 2.65 bits per heavy atom. The summed E-state index contributed by atoms with van der Waals surface area (Å²) in [6.45, 7) is 6.66. The second-order valence-corrected chi connectivity index (χ2v) is 5.75. The molecule has 0 aromatic carbocycles. The molecule has 0 saturated heterocycles. The van der Waals surface area contributed by atoms with Crippen molar-refractivity contribution in [3.05, 3.63) is 5.82 Å². The highest BCUT2D eigenvalue weighted by molar-refractivity contribution is 4.97. The average molecular weight is 237 g/mol. The Bertz CT molecular complexity index is 354. The summed E-state index contributed by atoms with van der Waals surface area (Å²) < 4.78 is 0. The van der Waals surface area contributed by atoms with Gasteiger partial charge in [0.2, 0.25) is 0 Å². The molecule has 17 heavy (non-hydrogen) atoms. The van der Waals surface area contributed by atoms with Crippen LogP contribution in [0.3, 0.4) is 0 Å². The van der Waals surface area contributed by atoms with E-state index in [2.05, 4.69) is 34.6 Å². The van der Waals surface area contributed by atoms with E-state index in [0.717, 1.165) is 25.3 Å². The predicted octanol–water partition coefficient (Wildman–Crippen LogP) is 1.17. The third kappa shape index (κ3) is 3.25. The highest BCUT2D eigenvalue weighted by Gasteiger charge is 2.37. The number of hydrogen-bond donors (Lipinski definition) is 1. The summed E-state index contributed by atoms with van der Waals surface area (Å²) in [5.41, 5.74) is 0.387.